The third-order valence-corrected chi connectivity index (χ3v) is 5.61. The molecule has 23 heavy (non-hydrogen) atoms. The minimum Gasteiger partial charge on any atom is -0.396 e. The van der Waals surface area contributed by atoms with Gasteiger partial charge >= 0.3 is 0 Å². The molecule has 0 saturated carbocycles. The maximum Gasteiger partial charge on any atom is 0.178 e. The third kappa shape index (κ3) is 4.56. The molecule has 0 amide bonds. The number of aliphatic hydroxyl groups excluding tert-OH is 1. The van der Waals surface area contributed by atoms with Crippen LogP contribution in [0.15, 0.2) is 53.4 Å². The smallest absolute Gasteiger partial charge is 0.178 e. The maximum absolute atomic E-state index is 11.8. The molecule has 2 aromatic carbocycles. The van der Waals surface area contributed by atoms with E-state index >= 15 is 0 Å². The summed E-state index contributed by atoms with van der Waals surface area (Å²) < 4.78 is 23.6. The average molecular weight is 333 g/mol. The lowest BCUT2D eigenvalue weighted by Crippen LogP contribution is -2.08. The first-order valence-electron chi connectivity index (χ1n) is 7.75. The van der Waals surface area contributed by atoms with Crippen molar-refractivity contribution in [1.82, 2.24) is 0 Å². The molecule has 0 aliphatic rings. The molecule has 0 radical (unpaired) electrons. The van der Waals surface area contributed by atoms with Gasteiger partial charge in [0.15, 0.2) is 9.84 Å². The van der Waals surface area contributed by atoms with Gasteiger partial charge in [0, 0.05) is 18.3 Å². The van der Waals surface area contributed by atoms with Gasteiger partial charge in [-0.1, -0.05) is 31.2 Å². The summed E-state index contributed by atoms with van der Waals surface area (Å²) in [6, 6.07) is 15.0. The van der Waals surface area contributed by atoms with Crippen LogP contribution < -0.4 is 5.32 Å². The number of hydrogen-bond acceptors (Lipinski definition) is 4. The Hall–Kier alpha value is -1.85. The summed E-state index contributed by atoms with van der Waals surface area (Å²) in [6.07, 6.45) is 0.656. The van der Waals surface area contributed by atoms with E-state index in [9.17, 15) is 8.42 Å². The van der Waals surface area contributed by atoms with Crippen molar-refractivity contribution in [1.29, 1.82) is 0 Å². The first-order valence-corrected chi connectivity index (χ1v) is 9.40. The van der Waals surface area contributed by atoms with E-state index in [0.717, 1.165) is 16.8 Å². The normalized spacial score (nSPS) is 12.8. The van der Waals surface area contributed by atoms with E-state index in [1.54, 1.807) is 19.1 Å². The molecular weight excluding hydrogens is 310 g/mol. The Bertz CT molecular complexity index is 722. The molecule has 0 aliphatic heterocycles. The van der Waals surface area contributed by atoms with Gasteiger partial charge in [-0.3, -0.25) is 0 Å². The van der Waals surface area contributed by atoms with Crippen LogP contribution in [-0.4, -0.2) is 25.9 Å². The minimum atomic E-state index is -3.15. The summed E-state index contributed by atoms with van der Waals surface area (Å²) >= 11 is 0. The van der Waals surface area contributed by atoms with Crippen molar-refractivity contribution < 1.29 is 13.5 Å². The quantitative estimate of drug-likeness (QED) is 0.817. The number of sulfone groups is 1. The lowest BCUT2D eigenvalue weighted by molar-refractivity contribution is 0.299. The molecule has 0 fully saturated rings. The molecule has 0 spiro atoms. The molecule has 2 N–H and O–H groups in total. The molecule has 1 unspecified atom stereocenters. The average Bonchev–Trinajstić information content (AvgIpc) is 2.57. The number of rotatable bonds is 7. The van der Waals surface area contributed by atoms with E-state index in [1.165, 1.54) is 0 Å². The molecule has 0 heterocycles. The van der Waals surface area contributed by atoms with Gasteiger partial charge in [0.05, 0.1) is 10.6 Å². The Balaban J connectivity index is 2.07. The molecule has 1 atom stereocenters. The minimum absolute atomic E-state index is 0.0667. The van der Waals surface area contributed by atoms with Crippen LogP contribution in [0.2, 0.25) is 0 Å². The van der Waals surface area contributed by atoms with Crippen molar-refractivity contribution in [2.24, 2.45) is 0 Å². The fourth-order valence-electron chi connectivity index (χ4n) is 2.36. The summed E-state index contributed by atoms with van der Waals surface area (Å²) in [4.78, 5) is 0.365. The van der Waals surface area contributed by atoms with Crippen LogP contribution in [0.5, 0.6) is 0 Å². The Kier molecular flexibility index (Phi) is 5.80. The molecule has 5 heteroatoms. The van der Waals surface area contributed by atoms with E-state index in [1.807, 2.05) is 43.3 Å². The van der Waals surface area contributed by atoms with Crippen LogP contribution in [0.1, 0.15) is 31.0 Å². The lowest BCUT2D eigenvalue weighted by Gasteiger charge is -2.16. The summed E-state index contributed by atoms with van der Waals surface area (Å²) in [7, 11) is -3.15. The number of nitrogens with one attached hydrogen (secondary N) is 1. The van der Waals surface area contributed by atoms with Crippen LogP contribution in [0.3, 0.4) is 0 Å². The monoisotopic (exact) mass is 333 g/mol. The van der Waals surface area contributed by atoms with Crippen LogP contribution in [0.25, 0.3) is 0 Å². The standard InChI is InChI=1S/C18H23NO3S/c1-3-23(21,22)18-10-6-16(7-11-18)14(2)19-17-8-4-15(5-9-17)12-13-20/h4-11,14,19-20H,3,12-13H2,1-2H3. The molecule has 124 valence electrons. The summed E-state index contributed by atoms with van der Waals surface area (Å²) in [6.45, 7) is 3.83. The molecule has 4 nitrogen and oxygen atoms in total. The van der Waals surface area contributed by atoms with Gasteiger partial charge < -0.3 is 10.4 Å². The van der Waals surface area contributed by atoms with Crippen LogP contribution in [-0.2, 0) is 16.3 Å². The second-order valence-electron chi connectivity index (χ2n) is 5.51. The highest BCUT2D eigenvalue weighted by Gasteiger charge is 2.12. The van der Waals surface area contributed by atoms with Crippen molar-refractivity contribution >= 4 is 15.5 Å². The number of benzene rings is 2. The maximum atomic E-state index is 11.8. The summed E-state index contributed by atoms with van der Waals surface area (Å²) in [5.41, 5.74) is 3.11. The highest BCUT2D eigenvalue weighted by atomic mass is 32.2. The lowest BCUT2D eigenvalue weighted by atomic mass is 10.1. The molecule has 2 rings (SSSR count). The van der Waals surface area contributed by atoms with E-state index < -0.39 is 9.84 Å². The zero-order chi connectivity index (χ0) is 16.9. The van der Waals surface area contributed by atoms with Crippen LogP contribution in [0, 0.1) is 0 Å². The van der Waals surface area contributed by atoms with Crippen molar-refractivity contribution in [3.63, 3.8) is 0 Å². The zero-order valence-corrected chi connectivity index (χ0v) is 14.3. The van der Waals surface area contributed by atoms with Crippen molar-refractivity contribution in [2.45, 2.75) is 31.2 Å². The van der Waals surface area contributed by atoms with E-state index in [0.29, 0.717) is 11.3 Å². The fraction of sp³-hybridized carbons (Fsp3) is 0.333. The molecule has 2 aromatic rings. The topological polar surface area (TPSA) is 66.4 Å². The fourth-order valence-corrected chi connectivity index (χ4v) is 3.24. The third-order valence-electron chi connectivity index (χ3n) is 3.86. The van der Waals surface area contributed by atoms with Crippen molar-refractivity contribution in [3.05, 3.63) is 59.7 Å². The summed E-state index contributed by atoms with van der Waals surface area (Å²) in [5, 5.41) is 12.3. The van der Waals surface area contributed by atoms with Gasteiger partial charge in [-0.25, -0.2) is 8.42 Å². The predicted octanol–water partition coefficient (Wildman–Crippen LogP) is 3.19. The highest BCUT2D eigenvalue weighted by molar-refractivity contribution is 7.91. The van der Waals surface area contributed by atoms with Crippen molar-refractivity contribution in [2.75, 3.05) is 17.7 Å². The van der Waals surface area contributed by atoms with Crippen LogP contribution in [0.4, 0.5) is 5.69 Å². The molecule has 0 aromatic heterocycles. The van der Waals surface area contributed by atoms with E-state index in [2.05, 4.69) is 5.32 Å². The Morgan fingerprint density at radius 3 is 2.17 bits per heavy atom. The highest BCUT2D eigenvalue weighted by Crippen LogP contribution is 2.21. The Morgan fingerprint density at radius 2 is 1.65 bits per heavy atom. The van der Waals surface area contributed by atoms with Gasteiger partial charge in [-0.15, -0.1) is 0 Å². The van der Waals surface area contributed by atoms with Crippen molar-refractivity contribution in [3.8, 4) is 0 Å². The molecule has 0 aliphatic carbocycles. The largest absolute Gasteiger partial charge is 0.396 e. The van der Waals surface area contributed by atoms with Gasteiger partial charge in [-0.05, 0) is 48.7 Å². The molecule has 0 bridgehead atoms. The predicted molar refractivity (Wildman–Crippen MR) is 93.4 cm³/mol. The Labute approximate surface area is 138 Å². The van der Waals surface area contributed by atoms with E-state index in [-0.39, 0.29) is 18.4 Å². The molecular formula is C18H23NO3S. The SMILES string of the molecule is CCS(=O)(=O)c1ccc(C(C)Nc2ccc(CCO)cc2)cc1. The summed E-state index contributed by atoms with van der Waals surface area (Å²) in [5.74, 6) is 0.111. The van der Waals surface area contributed by atoms with Gasteiger partial charge in [-0.2, -0.15) is 0 Å². The van der Waals surface area contributed by atoms with E-state index in [4.69, 9.17) is 5.11 Å². The van der Waals surface area contributed by atoms with Gasteiger partial charge in [0.25, 0.3) is 0 Å². The van der Waals surface area contributed by atoms with Gasteiger partial charge in [0.1, 0.15) is 0 Å². The second kappa shape index (κ2) is 7.62. The second-order valence-corrected chi connectivity index (χ2v) is 7.79. The zero-order valence-electron chi connectivity index (χ0n) is 13.5. The van der Waals surface area contributed by atoms with Crippen LogP contribution >= 0.6 is 0 Å². The first-order chi connectivity index (χ1) is 11.0. The first kappa shape index (κ1) is 17.5. The molecule has 0 saturated heterocycles. The number of aliphatic hydroxyl groups is 1. The number of hydrogen-bond donors (Lipinski definition) is 2. The van der Waals surface area contributed by atoms with Gasteiger partial charge in [0.2, 0.25) is 0 Å². The number of anilines is 1. The Morgan fingerprint density at radius 1 is 1.04 bits per heavy atom.